The van der Waals surface area contributed by atoms with Crippen LogP contribution in [0.1, 0.15) is 71.8 Å². The summed E-state index contributed by atoms with van der Waals surface area (Å²) in [6, 6.07) is 14.0. The molecule has 5 rings (SSSR count). The molecule has 1 saturated heterocycles. The topological polar surface area (TPSA) is 129 Å². The number of carbonyl (C=O) groups excluding carboxylic acids is 3. The summed E-state index contributed by atoms with van der Waals surface area (Å²) < 4.78 is 66.9. The molecular formula is C37H39F4N5O5. The number of rotatable bonds is 11. The van der Waals surface area contributed by atoms with Gasteiger partial charge in [-0.15, -0.1) is 0 Å². The largest absolute Gasteiger partial charge is 0.488 e. The minimum atomic E-state index is -4.63. The summed E-state index contributed by atoms with van der Waals surface area (Å²) in [4.78, 5) is 43.1. The fraction of sp³-hybridized carbons (Fsp3) is 0.405. The Morgan fingerprint density at radius 1 is 1.02 bits per heavy atom. The lowest BCUT2D eigenvalue weighted by Crippen LogP contribution is -2.46. The number of nitrogens with zero attached hydrogens (tertiary/aromatic N) is 4. The van der Waals surface area contributed by atoms with Crippen molar-refractivity contribution in [3.05, 3.63) is 93.8 Å². The molecule has 2 N–H and O–H groups in total. The molecule has 0 spiro atoms. The summed E-state index contributed by atoms with van der Waals surface area (Å²) in [5.74, 6) is -1.82. The van der Waals surface area contributed by atoms with Crippen molar-refractivity contribution < 1.29 is 41.4 Å². The molecule has 3 aromatic carbocycles. The number of ether oxygens (including phenoxy) is 2. The second kappa shape index (κ2) is 15.0. The number of amides is 2. The molecule has 0 unspecified atom stereocenters. The molecule has 0 saturated carbocycles. The van der Waals surface area contributed by atoms with Crippen LogP contribution >= 0.6 is 0 Å². The van der Waals surface area contributed by atoms with E-state index in [0.717, 1.165) is 6.07 Å². The third-order valence-corrected chi connectivity index (χ3v) is 8.77. The summed E-state index contributed by atoms with van der Waals surface area (Å²) >= 11 is 0. The van der Waals surface area contributed by atoms with E-state index in [1.54, 1.807) is 57.2 Å². The van der Waals surface area contributed by atoms with Crippen molar-refractivity contribution in [1.29, 1.82) is 5.26 Å². The van der Waals surface area contributed by atoms with Gasteiger partial charge in [0.25, 0.3) is 5.91 Å². The lowest BCUT2D eigenvalue weighted by molar-refractivity contribution is -0.155. The van der Waals surface area contributed by atoms with Gasteiger partial charge >= 0.3 is 12.1 Å². The number of carbonyl (C=O) groups is 3. The quantitative estimate of drug-likeness (QED) is 0.203. The molecular weight excluding hydrogens is 670 g/mol. The molecule has 0 radical (unpaired) electrons. The fourth-order valence-corrected chi connectivity index (χ4v) is 6.26. The Hall–Kier alpha value is -5.16. The number of halogens is 4. The Balaban J connectivity index is 1.17. The van der Waals surface area contributed by atoms with Gasteiger partial charge in [0.2, 0.25) is 5.91 Å². The van der Waals surface area contributed by atoms with Crippen molar-refractivity contribution in [1.82, 2.24) is 9.80 Å². The van der Waals surface area contributed by atoms with Crippen molar-refractivity contribution in [3.8, 4) is 11.8 Å². The number of hydrogen-bond acceptors (Lipinski definition) is 8. The number of fused-ring (bicyclic) bond motifs is 1. The summed E-state index contributed by atoms with van der Waals surface area (Å²) in [6.45, 7) is 7.53. The molecule has 2 amide bonds. The van der Waals surface area contributed by atoms with Crippen LogP contribution in [0.3, 0.4) is 0 Å². The van der Waals surface area contributed by atoms with Crippen molar-refractivity contribution in [2.24, 2.45) is 5.73 Å². The third kappa shape index (κ3) is 8.96. The van der Waals surface area contributed by atoms with Crippen LogP contribution in [0.4, 0.5) is 23.2 Å². The molecule has 0 bridgehead atoms. The van der Waals surface area contributed by atoms with E-state index in [-0.39, 0.29) is 31.6 Å². The minimum absolute atomic E-state index is 0.00661. The number of alkyl halides is 3. The number of hydrogen-bond donors (Lipinski definition) is 1. The Kier molecular flexibility index (Phi) is 10.9. The SMILES string of the molecule is CC(C)(C)OC(=O)CC[C@@H](C(N)=O)N1Cc2c(OCc3ccc(CN4CCN(c5ccc(C#N)c(C(F)(F)F)c5)CC4)cc3F)cccc2C1=O. The first-order valence-corrected chi connectivity index (χ1v) is 16.5. The van der Waals surface area contributed by atoms with Gasteiger partial charge in [0.05, 0.1) is 23.7 Å². The van der Waals surface area contributed by atoms with Crippen LogP contribution in [0.25, 0.3) is 0 Å². The number of benzene rings is 3. The fourth-order valence-electron chi connectivity index (χ4n) is 6.26. The number of primary amides is 1. The minimum Gasteiger partial charge on any atom is -0.488 e. The third-order valence-electron chi connectivity index (χ3n) is 8.77. The predicted octanol–water partition coefficient (Wildman–Crippen LogP) is 5.55. The lowest BCUT2D eigenvalue weighted by Gasteiger charge is -2.36. The molecule has 0 aromatic heterocycles. The molecule has 51 heavy (non-hydrogen) atoms. The van der Waals surface area contributed by atoms with Gasteiger partial charge in [-0.2, -0.15) is 18.4 Å². The van der Waals surface area contributed by atoms with Gasteiger partial charge in [-0.1, -0.05) is 18.2 Å². The zero-order valence-corrected chi connectivity index (χ0v) is 28.6. The average Bonchev–Trinajstić information content (AvgIpc) is 3.39. The van der Waals surface area contributed by atoms with E-state index >= 15 is 4.39 Å². The van der Waals surface area contributed by atoms with E-state index < -0.39 is 52.5 Å². The molecule has 2 heterocycles. The number of nitriles is 1. The number of esters is 1. The first-order valence-electron chi connectivity index (χ1n) is 16.5. The maximum atomic E-state index is 15.3. The standard InChI is InChI=1S/C37H39F4N5O5/c1-36(2,3)51-33(47)12-11-31(34(43)48)46-21-28-27(35(46)49)5-4-6-32(28)50-22-25-8-7-23(17-30(25)38)20-44-13-15-45(16-14-44)26-10-9-24(19-42)29(18-26)37(39,40)41/h4-10,17-18,31H,11-16,20-22H2,1-3H3,(H2,43,48)/t31-/m0/s1. The van der Waals surface area contributed by atoms with Gasteiger partial charge in [-0.05, 0) is 69.2 Å². The van der Waals surface area contributed by atoms with Gasteiger partial charge in [0.1, 0.15) is 29.8 Å². The Morgan fingerprint density at radius 3 is 2.37 bits per heavy atom. The van der Waals surface area contributed by atoms with E-state index in [9.17, 15) is 27.6 Å². The average molecular weight is 710 g/mol. The highest BCUT2D eigenvalue weighted by Crippen LogP contribution is 2.36. The first kappa shape index (κ1) is 37.1. The number of nitrogens with two attached hydrogens (primary N) is 1. The molecule has 270 valence electrons. The van der Waals surface area contributed by atoms with Crippen LogP contribution in [0, 0.1) is 17.1 Å². The van der Waals surface area contributed by atoms with Gasteiger partial charge in [-0.3, -0.25) is 19.3 Å². The Bertz CT molecular complexity index is 1840. The molecule has 0 aliphatic carbocycles. The summed E-state index contributed by atoms with van der Waals surface area (Å²) in [5.41, 5.74) is 5.81. The number of piperazine rings is 1. The maximum Gasteiger partial charge on any atom is 0.417 e. The van der Waals surface area contributed by atoms with E-state index in [1.165, 1.54) is 23.1 Å². The van der Waals surface area contributed by atoms with Crippen molar-refractivity contribution in [2.75, 3.05) is 31.1 Å². The lowest BCUT2D eigenvalue weighted by atomic mass is 10.1. The number of anilines is 1. The molecule has 3 aromatic rings. The summed E-state index contributed by atoms with van der Waals surface area (Å²) in [7, 11) is 0. The highest BCUT2D eigenvalue weighted by Gasteiger charge is 2.38. The highest BCUT2D eigenvalue weighted by atomic mass is 19.4. The van der Waals surface area contributed by atoms with Gasteiger partial charge < -0.3 is 25.0 Å². The van der Waals surface area contributed by atoms with Crippen LogP contribution in [0.2, 0.25) is 0 Å². The summed E-state index contributed by atoms with van der Waals surface area (Å²) in [5, 5.41) is 9.07. The smallest absolute Gasteiger partial charge is 0.417 e. The molecule has 14 heteroatoms. The van der Waals surface area contributed by atoms with E-state index in [0.29, 0.717) is 60.9 Å². The molecule has 1 fully saturated rings. The first-order chi connectivity index (χ1) is 24.0. The van der Waals surface area contributed by atoms with Crippen molar-refractivity contribution >= 4 is 23.5 Å². The van der Waals surface area contributed by atoms with Crippen LogP contribution < -0.4 is 15.4 Å². The van der Waals surface area contributed by atoms with E-state index in [1.807, 2.05) is 4.90 Å². The zero-order chi connectivity index (χ0) is 37.1. The second-order valence-electron chi connectivity index (χ2n) is 13.6. The van der Waals surface area contributed by atoms with E-state index in [2.05, 4.69) is 4.90 Å². The Labute approximate surface area is 293 Å². The molecule has 2 aliphatic rings. The second-order valence-corrected chi connectivity index (χ2v) is 13.6. The van der Waals surface area contributed by atoms with Crippen molar-refractivity contribution in [3.63, 3.8) is 0 Å². The van der Waals surface area contributed by atoms with Crippen molar-refractivity contribution in [2.45, 2.75) is 71.1 Å². The van der Waals surface area contributed by atoms with E-state index in [4.69, 9.17) is 20.5 Å². The van der Waals surface area contributed by atoms with Crippen LogP contribution in [0.5, 0.6) is 5.75 Å². The predicted molar refractivity (Wildman–Crippen MR) is 179 cm³/mol. The normalized spacial score (nSPS) is 15.7. The van der Waals surface area contributed by atoms with Crippen LogP contribution in [0.15, 0.2) is 54.6 Å². The van der Waals surface area contributed by atoms with Gasteiger partial charge in [0, 0.05) is 61.5 Å². The summed E-state index contributed by atoms with van der Waals surface area (Å²) in [6.07, 6.45) is -4.75. The monoisotopic (exact) mass is 709 g/mol. The zero-order valence-electron chi connectivity index (χ0n) is 28.6. The van der Waals surface area contributed by atoms with Crippen LogP contribution in [-0.4, -0.2) is 65.4 Å². The molecule has 10 nitrogen and oxygen atoms in total. The highest BCUT2D eigenvalue weighted by molar-refractivity contribution is 6.01. The molecule has 2 aliphatic heterocycles. The van der Waals surface area contributed by atoms with Crippen LogP contribution in [-0.2, 0) is 40.2 Å². The van der Waals surface area contributed by atoms with Gasteiger partial charge in [0.15, 0.2) is 0 Å². The molecule has 1 atom stereocenters. The Morgan fingerprint density at radius 2 is 1.75 bits per heavy atom. The van der Waals surface area contributed by atoms with Gasteiger partial charge in [-0.25, -0.2) is 4.39 Å². The maximum absolute atomic E-state index is 15.3.